The van der Waals surface area contributed by atoms with Crippen LogP contribution in [0.15, 0.2) is 30.5 Å². The number of nitrogens with zero attached hydrogens (tertiary/aromatic N) is 4. The third-order valence-electron chi connectivity index (χ3n) is 5.55. The van der Waals surface area contributed by atoms with Crippen molar-refractivity contribution in [3.05, 3.63) is 47.5 Å². The molecule has 1 aliphatic carbocycles. The highest BCUT2D eigenvalue weighted by Gasteiger charge is 2.34. The number of nitrogens with one attached hydrogen (secondary N) is 2. The number of imidazole rings is 1. The summed E-state index contributed by atoms with van der Waals surface area (Å²) in [5, 5.41) is 9.76. The Labute approximate surface area is 179 Å². The second-order valence-corrected chi connectivity index (χ2v) is 7.81. The van der Waals surface area contributed by atoms with E-state index in [0.29, 0.717) is 31.5 Å². The minimum Gasteiger partial charge on any atom is -0.368 e. The van der Waals surface area contributed by atoms with Crippen LogP contribution in [0.1, 0.15) is 54.0 Å². The Balaban J connectivity index is 1.36. The minimum absolute atomic E-state index is 0.00706. The molecule has 172 valence electrons. The molecule has 0 aromatic carbocycles. The highest BCUT2D eigenvalue weighted by atomic mass is 19.4. The Hall–Kier alpha value is -3.18. The molecule has 3 heterocycles. The monoisotopic (exact) mass is 456 g/mol. The molecule has 2 N–H and O–H groups in total. The van der Waals surface area contributed by atoms with Crippen LogP contribution in [0.4, 0.5) is 27.8 Å². The first-order valence-corrected chi connectivity index (χ1v) is 10.1. The van der Waals surface area contributed by atoms with Gasteiger partial charge < -0.3 is 10.6 Å². The number of rotatable bonds is 5. The molecule has 32 heavy (non-hydrogen) atoms. The Morgan fingerprint density at radius 1 is 1.16 bits per heavy atom. The van der Waals surface area contributed by atoms with E-state index in [9.17, 15) is 26.7 Å². The molecule has 0 spiro atoms. The van der Waals surface area contributed by atoms with Gasteiger partial charge in [0.1, 0.15) is 22.9 Å². The van der Waals surface area contributed by atoms with Crippen LogP contribution < -0.4 is 10.6 Å². The fourth-order valence-corrected chi connectivity index (χ4v) is 3.92. The van der Waals surface area contributed by atoms with Gasteiger partial charge in [0.25, 0.3) is 12.3 Å². The van der Waals surface area contributed by atoms with Crippen molar-refractivity contribution in [1.29, 1.82) is 0 Å². The van der Waals surface area contributed by atoms with Crippen molar-refractivity contribution in [1.82, 2.24) is 24.5 Å². The van der Waals surface area contributed by atoms with E-state index in [1.165, 1.54) is 17.5 Å². The molecule has 3 aromatic heterocycles. The summed E-state index contributed by atoms with van der Waals surface area (Å²) in [6, 6.07) is 5.78. The Morgan fingerprint density at radius 3 is 2.47 bits per heavy atom. The van der Waals surface area contributed by atoms with Crippen molar-refractivity contribution in [2.45, 2.75) is 50.4 Å². The van der Waals surface area contributed by atoms with Gasteiger partial charge in [0.05, 0.1) is 0 Å². The molecule has 0 atom stereocenters. The normalized spacial score (nSPS) is 19.5. The smallest absolute Gasteiger partial charge is 0.368 e. The summed E-state index contributed by atoms with van der Waals surface area (Å²) >= 11 is 0. The van der Waals surface area contributed by atoms with Gasteiger partial charge in [0.2, 0.25) is 0 Å². The number of carbonyl (C=O) groups is 1. The van der Waals surface area contributed by atoms with Gasteiger partial charge in [-0.15, -0.1) is 0 Å². The number of carbonyl (C=O) groups excluding carboxylic acids is 1. The standard InChI is InChI=1S/C20H21F5N6O/c1-30-14(9-13(29-30)18(21)22)19(32)27-12-7-5-11(6-8-12)26-16-3-2-4-17-28-15(10-31(16)17)20(23,24)25/h2-4,9-12,18,26H,5-8H2,1H3,(H,27,32)/t11-,12+. The number of aromatic nitrogens is 4. The largest absolute Gasteiger partial charge is 0.434 e. The summed E-state index contributed by atoms with van der Waals surface area (Å²) in [4.78, 5) is 16.1. The van der Waals surface area contributed by atoms with Crippen LogP contribution in [-0.2, 0) is 13.2 Å². The SMILES string of the molecule is Cn1nc(C(F)F)cc1C(=O)N[C@H]1CC[C@@H](Nc2cccc3nc(C(F)(F)F)cn23)CC1. The first-order valence-electron chi connectivity index (χ1n) is 10.1. The van der Waals surface area contributed by atoms with Gasteiger partial charge in [-0.2, -0.15) is 18.3 Å². The van der Waals surface area contributed by atoms with Crippen molar-refractivity contribution in [3.63, 3.8) is 0 Å². The molecule has 4 rings (SSSR count). The van der Waals surface area contributed by atoms with E-state index in [1.807, 2.05) is 0 Å². The molecule has 0 unspecified atom stereocenters. The van der Waals surface area contributed by atoms with Crippen LogP contribution in [-0.4, -0.2) is 37.2 Å². The third-order valence-corrected chi connectivity index (χ3v) is 5.55. The summed E-state index contributed by atoms with van der Waals surface area (Å²) in [7, 11) is 1.43. The Kier molecular flexibility index (Phi) is 5.78. The predicted octanol–water partition coefficient (Wildman–Crippen LogP) is 4.18. The molecule has 1 amide bonds. The highest BCUT2D eigenvalue weighted by Crippen LogP contribution is 2.30. The van der Waals surface area contributed by atoms with Crippen molar-refractivity contribution in [2.75, 3.05) is 5.32 Å². The molecule has 1 fully saturated rings. The molecule has 0 radical (unpaired) electrons. The minimum atomic E-state index is -4.52. The molecule has 3 aromatic rings. The number of hydrogen-bond donors (Lipinski definition) is 2. The Bertz CT molecular complexity index is 1110. The fourth-order valence-electron chi connectivity index (χ4n) is 3.92. The van der Waals surface area contributed by atoms with E-state index in [1.54, 1.807) is 12.1 Å². The molecule has 0 saturated heterocycles. The van der Waals surface area contributed by atoms with Gasteiger partial charge in [-0.05, 0) is 43.9 Å². The zero-order valence-corrected chi connectivity index (χ0v) is 17.0. The average Bonchev–Trinajstić information content (AvgIpc) is 3.34. The molecule has 0 aliphatic heterocycles. The number of aryl methyl sites for hydroxylation is 1. The van der Waals surface area contributed by atoms with Gasteiger partial charge in [-0.3, -0.25) is 13.9 Å². The zero-order valence-electron chi connectivity index (χ0n) is 17.0. The molecular formula is C20H21F5N6O. The molecule has 0 bridgehead atoms. The van der Waals surface area contributed by atoms with Crippen molar-refractivity contribution in [2.24, 2.45) is 7.05 Å². The molecule has 1 saturated carbocycles. The van der Waals surface area contributed by atoms with Gasteiger partial charge in [0.15, 0.2) is 5.69 Å². The lowest BCUT2D eigenvalue weighted by atomic mass is 9.91. The molecular weight excluding hydrogens is 435 g/mol. The van der Waals surface area contributed by atoms with Gasteiger partial charge in [0, 0.05) is 25.3 Å². The maximum Gasteiger partial charge on any atom is 0.434 e. The fraction of sp³-hybridized carbons (Fsp3) is 0.450. The highest BCUT2D eigenvalue weighted by molar-refractivity contribution is 5.92. The van der Waals surface area contributed by atoms with Crippen LogP contribution in [0.3, 0.4) is 0 Å². The number of anilines is 1. The molecule has 7 nitrogen and oxygen atoms in total. The maximum atomic E-state index is 13.0. The number of halogens is 5. The quantitative estimate of drug-likeness (QED) is 0.565. The van der Waals surface area contributed by atoms with Crippen LogP contribution in [0.5, 0.6) is 0 Å². The summed E-state index contributed by atoms with van der Waals surface area (Å²) in [6.07, 6.45) is -3.69. The summed E-state index contributed by atoms with van der Waals surface area (Å²) < 4.78 is 67.0. The molecule has 12 heteroatoms. The number of fused-ring (bicyclic) bond motifs is 1. The third kappa shape index (κ3) is 4.53. The van der Waals surface area contributed by atoms with Gasteiger partial charge in [-0.25, -0.2) is 13.8 Å². The lowest BCUT2D eigenvalue weighted by Crippen LogP contribution is -2.40. The predicted molar refractivity (Wildman–Crippen MR) is 105 cm³/mol. The summed E-state index contributed by atoms with van der Waals surface area (Å²) in [5.74, 6) is 0.0403. The van der Waals surface area contributed by atoms with Crippen molar-refractivity contribution < 1.29 is 26.7 Å². The van der Waals surface area contributed by atoms with Crippen LogP contribution in [0, 0.1) is 0 Å². The second kappa shape index (κ2) is 8.40. The zero-order chi connectivity index (χ0) is 23.0. The topological polar surface area (TPSA) is 76.2 Å². The van der Waals surface area contributed by atoms with Crippen molar-refractivity contribution in [3.8, 4) is 0 Å². The average molecular weight is 456 g/mol. The summed E-state index contributed by atoms with van der Waals surface area (Å²) in [5.41, 5.74) is -1.15. The summed E-state index contributed by atoms with van der Waals surface area (Å²) in [6.45, 7) is 0. The van der Waals surface area contributed by atoms with Crippen molar-refractivity contribution >= 4 is 17.4 Å². The molecule has 1 aliphatic rings. The number of alkyl halides is 5. The van der Waals surface area contributed by atoms with E-state index >= 15 is 0 Å². The van der Waals surface area contributed by atoms with Crippen LogP contribution in [0.2, 0.25) is 0 Å². The number of amides is 1. The van der Waals surface area contributed by atoms with Gasteiger partial charge >= 0.3 is 6.18 Å². The number of hydrogen-bond acceptors (Lipinski definition) is 4. The lowest BCUT2D eigenvalue weighted by Gasteiger charge is -2.30. The first-order chi connectivity index (χ1) is 15.1. The first kappa shape index (κ1) is 22.0. The van der Waals surface area contributed by atoms with E-state index < -0.39 is 29.9 Å². The number of pyridine rings is 1. The van der Waals surface area contributed by atoms with Crippen LogP contribution in [0.25, 0.3) is 5.65 Å². The van der Waals surface area contributed by atoms with E-state index in [2.05, 4.69) is 20.7 Å². The van der Waals surface area contributed by atoms with E-state index in [-0.39, 0.29) is 23.4 Å². The Morgan fingerprint density at radius 2 is 1.84 bits per heavy atom. The maximum absolute atomic E-state index is 13.0. The van der Waals surface area contributed by atoms with E-state index in [0.717, 1.165) is 16.9 Å². The second-order valence-electron chi connectivity index (χ2n) is 7.81. The van der Waals surface area contributed by atoms with Crippen LogP contribution >= 0.6 is 0 Å². The lowest BCUT2D eigenvalue weighted by molar-refractivity contribution is -0.140. The van der Waals surface area contributed by atoms with E-state index in [4.69, 9.17) is 0 Å². The van der Waals surface area contributed by atoms with Gasteiger partial charge in [-0.1, -0.05) is 6.07 Å².